The molecule has 0 N–H and O–H groups in total. The molecule has 4 aromatic carbocycles. The summed E-state index contributed by atoms with van der Waals surface area (Å²) >= 11 is 0. The molecule has 53 heavy (non-hydrogen) atoms. The van der Waals surface area contributed by atoms with Crippen molar-refractivity contribution in [2.75, 3.05) is 6.61 Å². The van der Waals surface area contributed by atoms with E-state index in [1.54, 1.807) is 0 Å². The van der Waals surface area contributed by atoms with E-state index < -0.39 is 29.8 Å². The molecule has 0 radical (unpaired) electrons. The Balaban J connectivity index is 1.46. The highest BCUT2D eigenvalue weighted by atomic mass is 19.4. The number of hydrogen-bond donors (Lipinski definition) is 0. The topological polar surface area (TPSA) is 46.6 Å². The lowest BCUT2D eigenvalue weighted by atomic mass is 9.75. The van der Waals surface area contributed by atoms with Gasteiger partial charge in [0, 0.05) is 5.92 Å². The Hall–Kier alpha value is -4.46. The summed E-state index contributed by atoms with van der Waals surface area (Å²) in [5.41, 5.74) is 4.08. The summed E-state index contributed by atoms with van der Waals surface area (Å²) in [7, 11) is 0. The average molecular weight is 728 g/mol. The zero-order valence-corrected chi connectivity index (χ0v) is 30.7. The molecular weight excluding hydrogens is 678 g/mol. The van der Waals surface area contributed by atoms with Crippen molar-refractivity contribution in [1.29, 1.82) is 0 Å². The first-order valence-corrected chi connectivity index (χ1v) is 19.0. The smallest absolute Gasteiger partial charge is 0.417 e. The quantitative estimate of drug-likeness (QED) is 0.114. The zero-order valence-electron chi connectivity index (χ0n) is 30.7. The number of halogens is 4. The van der Waals surface area contributed by atoms with Crippen LogP contribution in [0, 0.1) is 23.6 Å². The third kappa shape index (κ3) is 9.20. The number of hydrogen-bond acceptors (Lipinski definition) is 3. The highest BCUT2D eigenvalue weighted by molar-refractivity contribution is 5.97. The molecule has 6 rings (SSSR count). The highest BCUT2D eigenvalue weighted by Crippen LogP contribution is 2.44. The lowest BCUT2D eigenvalue weighted by Crippen LogP contribution is -2.43. The van der Waals surface area contributed by atoms with Gasteiger partial charge in [-0.25, -0.2) is 14.1 Å². The van der Waals surface area contributed by atoms with Crippen molar-refractivity contribution in [3.8, 4) is 11.1 Å². The predicted molar refractivity (Wildman–Crippen MR) is 200 cm³/mol. The molecule has 4 aromatic rings. The number of benzene rings is 4. The van der Waals surface area contributed by atoms with Gasteiger partial charge in [-0.1, -0.05) is 126 Å². The first-order chi connectivity index (χ1) is 25.4. The van der Waals surface area contributed by atoms with Crippen LogP contribution in [0.4, 0.5) is 22.4 Å². The number of amides is 2. The van der Waals surface area contributed by atoms with E-state index in [9.17, 15) is 27.2 Å². The molecule has 0 bridgehead atoms. The maximum atomic E-state index is 14.6. The van der Waals surface area contributed by atoms with Crippen molar-refractivity contribution < 1.29 is 31.9 Å². The molecule has 5 unspecified atom stereocenters. The Morgan fingerprint density at radius 2 is 1.55 bits per heavy atom. The van der Waals surface area contributed by atoms with Gasteiger partial charge in [0.2, 0.25) is 5.91 Å². The van der Waals surface area contributed by atoms with Gasteiger partial charge in [0.25, 0.3) is 0 Å². The summed E-state index contributed by atoms with van der Waals surface area (Å²) in [5.74, 6) is -0.571. The van der Waals surface area contributed by atoms with Crippen LogP contribution in [-0.4, -0.2) is 29.5 Å². The van der Waals surface area contributed by atoms with E-state index >= 15 is 0 Å². The van der Waals surface area contributed by atoms with Gasteiger partial charge in [-0.3, -0.25) is 4.79 Å². The number of carbonyl (C=O) groups is 2. The van der Waals surface area contributed by atoms with Gasteiger partial charge in [0.1, 0.15) is 12.4 Å². The van der Waals surface area contributed by atoms with Crippen LogP contribution < -0.4 is 0 Å². The van der Waals surface area contributed by atoms with E-state index in [4.69, 9.17) is 4.74 Å². The van der Waals surface area contributed by atoms with Crippen molar-refractivity contribution in [2.24, 2.45) is 17.8 Å². The Bertz CT molecular complexity index is 1840. The van der Waals surface area contributed by atoms with Crippen LogP contribution in [0.2, 0.25) is 0 Å². The number of nitrogens with zero attached hydrogens (tertiary/aromatic N) is 1. The van der Waals surface area contributed by atoms with Gasteiger partial charge in [-0.15, -0.1) is 0 Å². The van der Waals surface area contributed by atoms with E-state index in [1.165, 1.54) is 42.0 Å². The molecule has 1 aliphatic carbocycles. The number of carbonyl (C=O) groups excluding carboxylic acids is 2. The van der Waals surface area contributed by atoms with E-state index in [0.717, 1.165) is 60.1 Å². The van der Waals surface area contributed by atoms with Crippen LogP contribution >= 0.6 is 0 Å². The largest absolute Gasteiger partial charge is 0.447 e. The van der Waals surface area contributed by atoms with Crippen LogP contribution in [0.15, 0.2) is 97.1 Å². The third-order valence-corrected chi connectivity index (χ3v) is 11.2. The molecule has 1 saturated heterocycles. The minimum atomic E-state index is -4.50. The molecule has 280 valence electrons. The first-order valence-electron chi connectivity index (χ1n) is 19.0. The number of ether oxygens (including phenoxy) is 1. The number of alkyl halides is 3. The van der Waals surface area contributed by atoms with Crippen LogP contribution in [0.3, 0.4) is 0 Å². The molecule has 0 spiro atoms. The Kier molecular flexibility index (Phi) is 12.1. The molecule has 0 aromatic heterocycles. The maximum Gasteiger partial charge on any atom is 0.417 e. The van der Waals surface area contributed by atoms with Gasteiger partial charge >= 0.3 is 12.3 Å². The fourth-order valence-electron chi connectivity index (χ4n) is 8.33. The van der Waals surface area contributed by atoms with Crippen LogP contribution in [-0.2, 0) is 22.1 Å². The molecule has 4 nitrogen and oxygen atoms in total. The number of cyclic esters (lactones) is 1. The molecule has 2 amide bonds. The minimum absolute atomic E-state index is 0.0908. The number of rotatable bonds is 11. The highest BCUT2D eigenvalue weighted by Gasteiger charge is 2.42. The second-order valence-electron chi connectivity index (χ2n) is 15.4. The van der Waals surface area contributed by atoms with E-state index in [0.29, 0.717) is 35.8 Å². The van der Waals surface area contributed by atoms with Gasteiger partial charge < -0.3 is 4.74 Å². The SMILES string of the molecule is CC(C)CC(C(=O)N1C(=O)OCC1Cc1ccccc1)c1ccc(C(CC2CCCCCC2C)c2ccc(F)cc2)c(-c2ccc(C(F)(F)F)cc2)c1. The molecular formula is C45H49F4NO3. The fraction of sp³-hybridized carbons (Fsp3) is 0.422. The van der Waals surface area contributed by atoms with Crippen LogP contribution in [0.25, 0.3) is 11.1 Å². The van der Waals surface area contributed by atoms with Crippen molar-refractivity contribution in [3.05, 3.63) is 131 Å². The lowest BCUT2D eigenvalue weighted by molar-refractivity contribution is -0.137. The Labute approximate surface area is 310 Å². The normalized spacial score (nSPS) is 20.6. The summed E-state index contributed by atoms with van der Waals surface area (Å²) in [6.45, 7) is 6.44. The van der Waals surface area contributed by atoms with Gasteiger partial charge in [-0.05, 0) is 94.7 Å². The summed E-state index contributed by atoms with van der Waals surface area (Å²) < 4.78 is 60.9. The summed E-state index contributed by atoms with van der Waals surface area (Å²) in [5, 5.41) is 0. The summed E-state index contributed by atoms with van der Waals surface area (Å²) in [4.78, 5) is 29.0. The third-order valence-electron chi connectivity index (χ3n) is 11.2. The fourth-order valence-corrected chi connectivity index (χ4v) is 8.33. The molecule has 5 atom stereocenters. The van der Waals surface area contributed by atoms with E-state index in [-0.39, 0.29) is 30.2 Å². The summed E-state index contributed by atoms with van der Waals surface area (Å²) in [6, 6.07) is 26.8. The molecule has 1 aliphatic heterocycles. The molecule has 1 heterocycles. The van der Waals surface area contributed by atoms with Crippen LogP contribution in [0.1, 0.15) is 105 Å². The Morgan fingerprint density at radius 1 is 0.868 bits per heavy atom. The Morgan fingerprint density at radius 3 is 2.23 bits per heavy atom. The van der Waals surface area contributed by atoms with Gasteiger partial charge in [0.15, 0.2) is 0 Å². The zero-order chi connectivity index (χ0) is 37.7. The lowest BCUT2D eigenvalue weighted by Gasteiger charge is -2.30. The standard InChI is InChI=1S/C45H49F4NO3/c1-29(2)24-42(43(51)50-38(28-53-44(50)52)25-31-11-7-5-8-12-31)35-18-23-39(41(27-35)32-14-19-36(20-15-32)45(47,48)49)40(33-16-21-37(46)22-17-33)26-34-13-9-4-6-10-30(34)3/h5,7-8,11-12,14-23,27,29-30,34,38,40,42H,4,6,9-10,13,24-26,28H2,1-3H3. The van der Waals surface area contributed by atoms with Crippen LogP contribution in [0.5, 0.6) is 0 Å². The average Bonchev–Trinajstić information content (AvgIpc) is 3.37. The second-order valence-corrected chi connectivity index (χ2v) is 15.4. The summed E-state index contributed by atoms with van der Waals surface area (Å²) in [6.07, 6.45) is 2.27. The number of imide groups is 1. The van der Waals surface area contributed by atoms with Crippen molar-refractivity contribution >= 4 is 12.0 Å². The van der Waals surface area contributed by atoms with E-state index in [2.05, 4.69) is 6.92 Å². The monoisotopic (exact) mass is 727 g/mol. The molecule has 2 fully saturated rings. The van der Waals surface area contributed by atoms with Crippen molar-refractivity contribution in [1.82, 2.24) is 4.90 Å². The maximum absolute atomic E-state index is 14.6. The predicted octanol–water partition coefficient (Wildman–Crippen LogP) is 12.0. The molecule has 1 saturated carbocycles. The molecule has 2 aliphatic rings. The second kappa shape index (κ2) is 16.7. The minimum Gasteiger partial charge on any atom is -0.447 e. The van der Waals surface area contributed by atoms with Crippen molar-refractivity contribution in [2.45, 2.75) is 96.2 Å². The van der Waals surface area contributed by atoms with E-state index in [1.807, 2.05) is 74.5 Å². The first kappa shape index (κ1) is 38.3. The van der Waals surface area contributed by atoms with Gasteiger partial charge in [-0.2, -0.15) is 13.2 Å². The van der Waals surface area contributed by atoms with Crippen molar-refractivity contribution in [3.63, 3.8) is 0 Å². The van der Waals surface area contributed by atoms with Gasteiger partial charge in [0.05, 0.1) is 17.5 Å². The molecule has 8 heteroatoms.